The van der Waals surface area contributed by atoms with Gasteiger partial charge < -0.3 is 4.74 Å². The van der Waals surface area contributed by atoms with Crippen molar-refractivity contribution in [2.45, 2.75) is 51.3 Å². The number of rotatable bonds is 4. The van der Waals surface area contributed by atoms with E-state index in [2.05, 4.69) is 64.8 Å². The molecule has 0 amide bonds. The van der Waals surface area contributed by atoms with Crippen LogP contribution < -0.4 is 4.74 Å². The molecular weight excluding hydrogens is 368 g/mol. The summed E-state index contributed by atoms with van der Waals surface area (Å²) in [5.41, 5.74) is 3.04. The summed E-state index contributed by atoms with van der Waals surface area (Å²) in [5.74, 6) is 1.14. The van der Waals surface area contributed by atoms with E-state index in [0.717, 1.165) is 25.2 Å². The third kappa shape index (κ3) is 3.98. The molecule has 1 aromatic carbocycles. The van der Waals surface area contributed by atoms with Crippen molar-refractivity contribution >= 4 is 31.9 Å². The lowest BCUT2D eigenvalue weighted by Gasteiger charge is -2.25. The molecule has 0 radical (unpaired) electrons. The number of aryl methyl sites for hydroxylation is 1. The van der Waals surface area contributed by atoms with Gasteiger partial charge in [-0.2, -0.15) is 0 Å². The lowest BCUT2D eigenvalue weighted by atomic mass is 9.89. The molecule has 3 heteroatoms. The smallest absolute Gasteiger partial charge is 0.125 e. The number of fused-ring (bicyclic) bond motifs is 1. The van der Waals surface area contributed by atoms with Crippen molar-refractivity contribution in [1.82, 2.24) is 0 Å². The van der Waals surface area contributed by atoms with Crippen LogP contribution in [0.25, 0.3) is 0 Å². The Kier molecular flexibility index (Phi) is 4.99. The molecule has 0 fully saturated rings. The molecule has 1 unspecified atom stereocenters. The van der Waals surface area contributed by atoms with Crippen LogP contribution in [0.3, 0.4) is 0 Å². The van der Waals surface area contributed by atoms with Crippen LogP contribution in [0.1, 0.15) is 44.7 Å². The minimum Gasteiger partial charge on any atom is -0.493 e. The summed E-state index contributed by atoms with van der Waals surface area (Å²) < 4.78 is 6.96. The maximum atomic E-state index is 5.78. The predicted octanol–water partition coefficient (Wildman–Crippen LogP) is 5.52. The van der Waals surface area contributed by atoms with Gasteiger partial charge >= 0.3 is 0 Å². The van der Waals surface area contributed by atoms with Gasteiger partial charge in [0.15, 0.2) is 0 Å². The molecule has 1 nitrogen and oxygen atoms in total. The maximum Gasteiger partial charge on any atom is 0.125 e. The fourth-order valence-electron chi connectivity index (χ4n) is 2.44. The first-order valence-corrected chi connectivity index (χ1v) is 8.67. The van der Waals surface area contributed by atoms with Gasteiger partial charge in [0.1, 0.15) is 5.75 Å². The topological polar surface area (TPSA) is 9.23 Å². The molecular formula is C16H22Br2O. The van der Waals surface area contributed by atoms with Gasteiger partial charge in [0.05, 0.1) is 6.61 Å². The highest BCUT2D eigenvalue weighted by Crippen LogP contribution is 2.35. The zero-order chi connectivity index (χ0) is 14.0. The van der Waals surface area contributed by atoms with E-state index in [1.54, 1.807) is 0 Å². The molecule has 0 saturated heterocycles. The highest BCUT2D eigenvalue weighted by molar-refractivity contribution is 9.10. The summed E-state index contributed by atoms with van der Waals surface area (Å²) in [6.45, 7) is 7.69. The lowest BCUT2D eigenvalue weighted by Crippen LogP contribution is -2.20. The van der Waals surface area contributed by atoms with Crippen LogP contribution in [0.15, 0.2) is 16.6 Å². The van der Waals surface area contributed by atoms with Crippen LogP contribution in [0.4, 0.5) is 0 Å². The number of hydrogen-bond acceptors (Lipinski definition) is 1. The fraction of sp³-hybridized carbons (Fsp3) is 0.625. The largest absolute Gasteiger partial charge is 0.493 e. The Morgan fingerprint density at radius 3 is 2.74 bits per heavy atom. The minimum absolute atomic E-state index is 0.329. The first-order chi connectivity index (χ1) is 8.88. The Bertz CT molecular complexity index is 449. The molecule has 0 aromatic heterocycles. The van der Waals surface area contributed by atoms with Crippen molar-refractivity contribution in [3.8, 4) is 5.75 Å². The molecule has 106 valence electrons. The van der Waals surface area contributed by atoms with Crippen LogP contribution in [0.2, 0.25) is 0 Å². The quantitative estimate of drug-likeness (QED) is 0.616. The molecule has 0 N–H and O–H groups in total. The molecule has 0 aliphatic carbocycles. The summed E-state index contributed by atoms with van der Waals surface area (Å²) >= 11 is 7.41. The Labute approximate surface area is 133 Å². The van der Waals surface area contributed by atoms with Crippen molar-refractivity contribution in [2.24, 2.45) is 5.41 Å². The summed E-state index contributed by atoms with van der Waals surface area (Å²) in [7, 11) is 0. The zero-order valence-corrected chi connectivity index (χ0v) is 15.1. The second-order valence-electron chi connectivity index (χ2n) is 6.38. The van der Waals surface area contributed by atoms with E-state index in [1.165, 1.54) is 28.4 Å². The van der Waals surface area contributed by atoms with E-state index < -0.39 is 0 Å². The number of ether oxygens (including phenoxy) is 1. The molecule has 1 atom stereocenters. The lowest BCUT2D eigenvalue weighted by molar-refractivity contribution is 0.351. The third-order valence-corrected chi connectivity index (χ3v) is 5.96. The normalized spacial score (nSPS) is 16.1. The van der Waals surface area contributed by atoms with Crippen molar-refractivity contribution < 1.29 is 4.74 Å². The highest BCUT2D eigenvalue weighted by Gasteiger charge is 2.22. The Balaban J connectivity index is 1.97. The second kappa shape index (κ2) is 6.17. The molecule has 0 saturated carbocycles. The van der Waals surface area contributed by atoms with E-state index in [0.29, 0.717) is 10.2 Å². The van der Waals surface area contributed by atoms with Crippen LogP contribution >= 0.6 is 31.9 Å². The van der Waals surface area contributed by atoms with Gasteiger partial charge in [0.2, 0.25) is 0 Å². The van der Waals surface area contributed by atoms with Crippen molar-refractivity contribution in [2.75, 3.05) is 6.61 Å². The summed E-state index contributed by atoms with van der Waals surface area (Å²) in [4.78, 5) is 0.570. The average Bonchev–Trinajstić information content (AvgIpc) is 2.75. The van der Waals surface area contributed by atoms with Gasteiger partial charge in [-0.05, 0) is 47.9 Å². The third-order valence-electron chi connectivity index (χ3n) is 3.67. The minimum atomic E-state index is 0.329. The molecule has 1 aromatic rings. The first-order valence-electron chi connectivity index (χ1n) is 6.96. The highest BCUT2D eigenvalue weighted by atomic mass is 79.9. The van der Waals surface area contributed by atoms with Gasteiger partial charge in [-0.15, -0.1) is 0 Å². The van der Waals surface area contributed by atoms with Crippen LogP contribution in [0.5, 0.6) is 5.75 Å². The number of benzene rings is 1. The van der Waals surface area contributed by atoms with E-state index >= 15 is 0 Å². The van der Waals surface area contributed by atoms with Crippen LogP contribution in [0, 0.1) is 5.41 Å². The summed E-state index contributed by atoms with van der Waals surface area (Å²) in [6, 6.07) is 4.40. The Hall–Kier alpha value is -0.0200. The van der Waals surface area contributed by atoms with E-state index in [-0.39, 0.29) is 0 Å². The first kappa shape index (κ1) is 15.4. The molecule has 0 bridgehead atoms. The van der Waals surface area contributed by atoms with Crippen molar-refractivity contribution in [3.05, 3.63) is 27.7 Å². The Morgan fingerprint density at radius 2 is 2.05 bits per heavy atom. The second-order valence-corrected chi connectivity index (χ2v) is 8.40. The summed E-state index contributed by atoms with van der Waals surface area (Å²) in [6.07, 6.45) is 4.54. The standard InChI is InChI=1S/C16H22Br2O/c1-16(2,3)14(18)6-4-5-11-9-13(17)10-12-7-8-19-15(11)12/h9-10,14H,4-8H2,1-3H3. The molecule has 1 aliphatic heterocycles. The molecule has 19 heavy (non-hydrogen) atoms. The predicted molar refractivity (Wildman–Crippen MR) is 88.4 cm³/mol. The van der Waals surface area contributed by atoms with Gasteiger partial charge in [-0.1, -0.05) is 52.6 Å². The Morgan fingerprint density at radius 1 is 1.32 bits per heavy atom. The monoisotopic (exact) mass is 388 g/mol. The van der Waals surface area contributed by atoms with Crippen molar-refractivity contribution in [1.29, 1.82) is 0 Å². The summed E-state index contributed by atoms with van der Waals surface area (Å²) in [5, 5.41) is 0. The zero-order valence-electron chi connectivity index (χ0n) is 11.9. The number of alkyl halides is 1. The maximum absolute atomic E-state index is 5.78. The van der Waals surface area contributed by atoms with E-state index in [4.69, 9.17) is 4.74 Å². The van der Waals surface area contributed by atoms with Crippen LogP contribution in [-0.2, 0) is 12.8 Å². The number of halogens is 2. The molecule has 0 spiro atoms. The fourth-order valence-corrected chi connectivity index (χ4v) is 3.31. The van der Waals surface area contributed by atoms with Crippen molar-refractivity contribution in [3.63, 3.8) is 0 Å². The van der Waals surface area contributed by atoms with Gasteiger partial charge in [0, 0.05) is 15.7 Å². The van der Waals surface area contributed by atoms with Gasteiger partial charge in [0.25, 0.3) is 0 Å². The van der Waals surface area contributed by atoms with Gasteiger partial charge in [-0.25, -0.2) is 0 Å². The molecule has 1 heterocycles. The SMILES string of the molecule is CC(C)(C)C(Br)CCCc1cc(Br)cc2c1OCC2. The average molecular weight is 390 g/mol. The van der Waals surface area contributed by atoms with Crippen LogP contribution in [-0.4, -0.2) is 11.4 Å². The number of hydrogen-bond donors (Lipinski definition) is 0. The van der Waals surface area contributed by atoms with Gasteiger partial charge in [-0.3, -0.25) is 0 Å². The van der Waals surface area contributed by atoms with E-state index in [1.807, 2.05) is 0 Å². The molecule has 1 aliphatic rings. The molecule has 2 rings (SSSR count). The van der Waals surface area contributed by atoms with E-state index in [9.17, 15) is 0 Å².